The van der Waals surface area contributed by atoms with Crippen molar-refractivity contribution in [3.63, 3.8) is 0 Å². The van der Waals surface area contributed by atoms with E-state index in [1.807, 2.05) is 38.1 Å². The van der Waals surface area contributed by atoms with E-state index in [4.69, 9.17) is 9.63 Å². The molecule has 0 aliphatic heterocycles. The molecule has 0 amide bonds. The number of benzene rings is 1. The number of hydrogen-bond acceptors (Lipinski definition) is 3. The predicted molar refractivity (Wildman–Crippen MR) is 75.0 cm³/mol. The largest absolute Gasteiger partial charge is 0.481 e. The Hall–Kier alpha value is -1.62. The van der Waals surface area contributed by atoms with Gasteiger partial charge in [-0.2, -0.15) is 0 Å². The number of aryl methyl sites for hydroxylation is 1. The molecule has 0 bridgehead atoms. The number of rotatable bonds is 4. The van der Waals surface area contributed by atoms with Crippen LogP contribution in [0.4, 0.5) is 0 Å². The maximum atomic E-state index is 10.9. The first-order valence-corrected chi connectivity index (χ1v) is 6.72. The smallest absolute Gasteiger partial charge is 0.303 e. The van der Waals surface area contributed by atoms with Crippen LogP contribution in [0.5, 0.6) is 0 Å². The highest BCUT2D eigenvalue weighted by atomic mass is 79.9. The van der Waals surface area contributed by atoms with E-state index < -0.39 is 5.97 Å². The van der Waals surface area contributed by atoms with Gasteiger partial charge in [0.1, 0.15) is 0 Å². The molecular formula is C14H14BrNO3. The maximum Gasteiger partial charge on any atom is 0.303 e. The van der Waals surface area contributed by atoms with Gasteiger partial charge in [-0.25, -0.2) is 0 Å². The Kier molecular flexibility index (Phi) is 4.04. The lowest BCUT2D eigenvalue weighted by molar-refractivity contribution is -0.137. The molecule has 0 aliphatic rings. The van der Waals surface area contributed by atoms with Crippen molar-refractivity contribution in [3.8, 4) is 11.3 Å². The van der Waals surface area contributed by atoms with Crippen LogP contribution in [0.25, 0.3) is 11.3 Å². The van der Waals surface area contributed by atoms with Crippen LogP contribution in [-0.2, 0) is 4.79 Å². The Balaban J connectivity index is 2.42. The summed E-state index contributed by atoms with van der Waals surface area (Å²) in [6.07, 6.45) is 0.0611. The van der Waals surface area contributed by atoms with Gasteiger partial charge in [0.25, 0.3) is 0 Å². The van der Waals surface area contributed by atoms with Gasteiger partial charge in [-0.15, -0.1) is 0 Å². The van der Waals surface area contributed by atoms with Crippen molar-refractivity contribution in [2.24, 2.45) is 0 Å². The molecule has 0 saturated heterocycles. The van der Waals surface area contributed by atoms with E-state index in [1.165, 1.54) is 0 Å². The van der Waals surface area contributed by atoms with Crippen molar-refractivity contribution < 1.29 is 14.4 Å². The number of nitrogens with zero attached hydrogens (tertiary/aromatic N) is 1. The van der Waals surface area contributed by atoms with Crippen molar-refractivity contribution in [1.29, 1.82) is 0 Å². The van der Waals surface area contributed by atoms with Crippen LogP contribution in [0.3, 0.4) is 0 Å². The Morgan fingerprint density at radius 3 is 2.63 bits per heavy atom. The second-order valence-corrected chi connectivity index (χ2v) is 5.43. The summed E-state index contributed by atoms with van der Waals surface area (Å²) in [6, 6.07) is 7.67. The van der Waals surface area contributed by atoms with Gasteiger partial charge >= 0.3 is 5.97 Å². The van der Waals surface area contributed by atoms with Crippen LogP contribution >= 0.6 is 15.9 Å². The van der Waals surface area contributed by atoms with Crippen LogP contribution < -0.4 is 0 Å². The number of halogens is 1. The number of carbonyl (C=O) groups is 1. The van der Waals surface area contributed by atoms with E-state index in [0.29, 0.717) is 5.76 Å². The summed E-state index contributed by atoms with van der Waals surface area (Å²) in [5.41, 5.74) is 2.51. The normalized spacial score (nSPS) is 12.4. The van der Waals surface area contributed by atoms with Gasteiger partial charge in [-0.05, 0) is 25.0 Å². The summed E-state index contributed by atoms with van der Waals surface area (Å²) < 4.78 is 6.35. The molecule has 0 aliphatic carbocycles. The van der Waals surface area contributed by atoms with Crippen LogP contribution in [0.2, 0.25) is 0 Å². The molecule has 1 aromatic carbocycles. The minimum Gasteiger partial charge on any atom is -0.481 e. The van der Waals surface area contributed by atoms with Gasteiger partial charge in [0.2, 0.25) is 0 Å². The van der Waals surface area contributed by atoms with Gasteiger partial charge < -0.3 is 9.63 Å². The lowest BCUT2D eigenvalue weighted by Gasteiger charge is -2.09. The fraction of sp³-hybridized carbons (Fsp3) is 0.286. The molecule has 19 heavy (non-hydrogen) atoms. The van der Waals surface area contributed by atoms with Crippen molar-refractivity contribution in [3.05, 3.63) is 40.0 Å². The van der Waals surface area contributed by atoms with Gasteiger partial charge in [-0.3, -0.25) is 4.79 Å². The number of aliphatic carboxylic acids is 1. The highest BCUT2D eigenvalue weighted by molar-refractivity contribution is 9.10. The van der Waals surface area contributed by atoms with Crippen LogP contribution in [0.1, 0.15) is 30.5 Å². The summed E-state index contributed by atoms with van der Waals surface area (Å²) in [5.74, 6) is -0.309. The van der Waals surface area contributed by atoms with Gasteiger partial charge in [0.15, 0.2) is 5.76 Å². The number of hydrogen-bond donors (Lipinski definition) is 1. The summed E-state index contributed by atoms with van der Waals surface area (Å²) in [5, 5.41) is 12.9. The van der Waals surface area contributed by atoms with Crippen molar-refractivity contribution in [2.45, 2.75) is 26.2 Å². The van der Waals surface area contributed by atoms with Crippen LogP contribution in [0.15, 0.2) is 33.3 Å². The Labute approximate surface area is 119 Å². The average Bonchev–Trinajstić information content (AvgIpc) is 2.71. The molecule has 0 saturated carbocycles. The zero-order valence-corrected chi connectivity index (χ0v) is 12.3. The van der Waals surface area contributed by atoms with E-state index in [1.54, 1.807) is 0 Å². The van der Waals surface area contributed by atoms with Crippen LogP contribution in [0, 0.1) is 6.92 Å². The van der Waals surface area contributed by atoms with Crippen LogP contribution in [-0.4, -0.2) is 16.2 Å². The third kappa shape index (κ3) is 3.04. The first-order chi connectivity index (χ1) is 8.99. The second kappa shape index (κ2) is 5.57. The molecule has 0 fully saturated rings. The molecule has 0 spiro atoms. The molecule has 2 rings (SSSR count). The molecular weight excluding hydrogens is 310 g/mol. The van der Waals surface area contributed by atoms with E-state index in [0.717, 1.165) is 21.3 Å². The molecule has 1 aromatic heterocycles. The molecule has 0 radical (unpaired) electrons. The van der Waals surface area contributed by atoms with E-state index in [2.05, 4.69) is 21.1 Å². The zero-order valence-electron chi connectivity index (χ0n) is 10.7. The van der Waals surface area contributed by atoms with E-state index in [-0.39, 0.29) is 12.3 Å². The zero-order chi connectivity index (χ0) is 14.0. The number of aromatic nitrogens is 1. The monoisotopic (exact) mass is 323 g/mol. The fourth-order valence-corrected chi connectivity index (χ4v) is 2.39. The SMILES string of the molecule is Cc1noc(-c2ccc(Br)cc2)c1C(C)CC(=O)O. The summed E-state index contributed by atoms with van der Waals surface area (Å²) in [6.45, 7) is 3.70. The Morgan fingerprint density at radius 2 is 2.05 bits per heavy atom. The highest BCUT2D eigenvalue weighted by Crippen LogP contribution is 2.34. The van der Waals surface area contributed by atoms with Gasteiger partial charge in [0, 0.05) is 15.6 Å². The summed E-state index contributed by atoms with van der Waals surface area (Å²) >= 11 is 3.38. The number of carboxylic acids is 1. The summed E-state index contributed by atoms with van der Waals surface area (Å²) in [4.78, 5) is 10.9. The third-order valence-electron chi connectivity index (χ3n) is 2.99. The Bertz CT molecular complexity index is 589. The van der Waals surface area contributed by atoms with Gasteiger partial charge in [-0.1, -0.05) is 40.1 Å². The minimum absolute atomic E-state index is 0.0611. The molecule has 4 nitrogen and oxygen atoms in total. The Morgan fingerprint density at radius 1 is 1.42 bits per heavy atom. The third-order valence-corrected chi connectivity index (χ3v) is 3.52. The number of carboxylic acid groups (broad SMARTS) is 1. The fourth-order valence-electron chi connectivity index (χ4n) is 2.13. The minimum atomic E-state index is -0.824. The highest BCUT2D eigenvalue weighted by Gasteiger charge is 2.22. The molecule has 2 aromatic rings. The first-order valence-electron chi connectivity index (χ1n) is 5.93. The average molecular weight is 324 g/mol. The van der Waals surface area contributed by atoms with E-state index in [9.17, 15) is 4.79 Å². The predicted octanol–water partition coefficient (Wildman–Crippen LogP) is 3.99. The lowest BCUT2D eigenvalue weighted by Crippen LogP contribution is -2.04. The standard InChI is InChI=1S/C14H14BrNO3/c1-8(7-12(17)18)13-9(2)16-19-14(13)10-3-5-11(15)6-4-10/h3-6,8H,7H2,1-2H3,(H,17,18). The topological polar surface area (TPSA) is 63.3 Å². The quantitative estimate of drug-likeness (QED) is 0.923. The second-order valence-electron chi connectivity index (χ2n) is 4.52. The molecule has 1 N–H and O–H groups in total. The molecule has 5 heteroatoms. The van der Waals surface area contributed by atoms with Crippen molar-refractivity contribution in [1.82, 2.24) is 5.16 Å². The van der Waals surface area contributed by atoms with Crippen molar-refractivity contribution >= 4 is 21.9 Å². The van der Waals surface area contributed by atoms with Gasteiger partial charge in [0.05, 0.1) is 12.1 Å². The van der Waals surface area contributed by atoms with E-state index >= 15 is 0 Å². The lowest BCUT2D eigenvalue weighted by atomic mass is 9.93. The molecule has 100 valence electrons. The first kappa shape index (κ1) is 13.8. The molecule has 1 atom stereocenters. The molecule has 1 unspecified atom stereocenters. The van der Waals surface area contributed by atoms with Crippen molar-refractivity contribution in [2.75, 3.05) is 0 Å². The molecule has 1 heterocycles. The summed E-state index contributed by atoms with van der Waals surface area (Å²) in [7, 11) is 0. The maximum absolute atomic E-state index is 10.9.